The van der Waals surface area contributed by atoms with Crippen molar-refractivity contribution in [2.75, 3.05) is 31.3 Å². The number of amides is 1. The number of likely N-dealkylation sites (tertiary alicyclic amines) is 1. The molecule has 0 bridgehead atoms. The number of sulfone groups is 1. The zero-order chi connectivity index (χ0) is 18.1. The maximum atomic E-state index is 12.1. The number of ether oxygens (including phenoxy) is 1. The molecule has 24 heavy (non-hydrogen) atoms. The first-order valence-corrected chi connectivity index (χ1v) is 9.73. The normalized spacial score (nSPS) is 18.5. The quantitative estimate of drug-likeness (QED) is 0.824. The average Bonchev–Trinajstić information content (AvgIpc) is 2.94. The number of anilines is 1. The van der Waals surface area contributed by atoms with Crippen molar-refractivity contribution >= 4 is 21.7 Å². The van der Waals surface area contributed by atoms with Crippen LogP contribution >= 0.6 is 0 Å². The number of rotatable bonds is 3. The van der Waals surface area contributed by atoms with Crippen molar-refractivity contribution in [1.82, 2.24) is 9.88 Å². The number of carbonyl (C=O) groups excluding carboxylic acids is 1. The van der Waals surface area contributed by atoms with Crippen molar-refractivity contribution in [2.24, 2.45) is 0 Å². The van der Waals surface area contributed by atoms with Crippen LogP contribution in [0.3, 0.4) is 0 Å². The summed E-state index contributed by atoms with van der Waals surface area (Å²) in [6.45, 7) is 6.72. The number of hydrogen-bond acceptors (Lipinski definition) is 6. The molecule has 0 aliphatic carbocycles. The van der Waals surface area contributed by atoms with E-state index in [1.807, 2.05) is 32.7 Å². The topological polar surface area (TPSA) is 79.8 Å². The standard InChI is InChI=1S/C16H25N3O4S/c1-16(2,3)23-15(20)19-9-8-12(11-19)18(4)14-7-6-13(10-17-14)24(5,21)22/h6-7,10,12H,8-9,11H2,1-5H3. The Morgan fingerprint density at radius 3 is 2.54 bits per heavy atom. The van der Waals surface area contributed by atoms with Crippen LogP contribution in [0.2, 0.25) is 0 Å². The van der Waals surface area contributed by atoms with E-state index in [9.17, 15) is 13.2 Å². The summed E-state index contributed by atoms with van der Waals surface area (Å²) in [6, 6.07) is 3.36. The van der Waals surface area contributed by atoms with E-state index in [1.165, 1.54) is 6.20 Å². The third kappa shape index (κ3) is 4.59. The first-order chi connectivity index (χ1) is 11.0. The summed E-state index contributed by atoms with van der Waals surface area (Å²) in [7, 11) is -1.36. The molecule has 0 aromatic carbocycles. The van der Waals surface area contributed by atoms with E-state index in [0.29, 0.717) is 18.9 Å². The average molecular weight is 355 g/mol. The van der Waals surface area contributed by atoms with Gasteiger partial charge in [-0.15, -0.1) is 0 Å². The molecule has 1 aromatic heterocycles. The third-order valence-corrected chi connectivity index (χ3v) is 4.97. The summed E-state index contributed by atoms with van der Waals surface area (Å²) in [6.07, 6.45) is 3.02. The Labute approximate surface area is 143 Å². The van der Waals surface area contributed by atoms with Crippen LogP contribution in [-0.2, 0) is 14.6 Å². The molecule has 1 aliphatic heterocycles. The predicted octanol–water partition coefficient (Wildman–Crippen LogP) is 1.93. The van der Waals surface area contributed by atoms with E-state index in [0.717, 1.165) is 12.7 Å². The predicted molar refractivity (Wildman–Crippen MR) is 92.0 cm³/mol. The maximum Gasteiger partial charge on any atom is 0.410 e. The minimum atomic E-state index is -3.25. The van der Waals surface area contributed by atoms with Gasteiger partial charge in [0, 0.05) is 38.6 Å². The summed E-state index contributed by atoms with van der Waals surface area (Å²) < 4.78 is 28.4. The molecule has 0 radical (unpaired) electrons. The molecule has 2 rings (SSSR count). The molecule has 8 heteroatoms. The van der Waals surface area contributed by atoms with Crippen LogP contribution < -0.4 is 4.90 Å². The molecular weight excluding hydrogens is 330 g/mol. The van der Waals surface area contributed by atoms with Crippen molar-refractivity contribution in [3.63, 3.8) is 0 Å². The summed E-state index contributed by atoms with van der Waals surface area (Å²) in [5.41, 5.74) is -0.510. The number of pyridine rings is 1. The Morgan fingerprint density at radius 1 is 1.38 bits per heavy atom. The van der Waals surface area contributed by atoms with E-state index < -0.39 is 15.4 Å². The van der Waals surface area contributed by atoms with Gasteiger partial charge in [0.1, 0.15) is 11.4 Å². The molecule has 7 nitrogen and oxygen atoms in total. The van der Waals surface area contributed by atoms with Crippen LogP contribution in [0, 0.1) is 0 Å². The first-order valence-electron chi connectivity index (χ1n) is 7.84. The van der Waals surface area contributed by atoms with Crippen LogP contribution in [0.15, 0.2) is 23.2 Å². The van der Waals surface area contributed by atoms with Gasteiger partial charge in [0.25, 0.3) is 0 Å². The zero-order valence-electron chi connectivity index (χ0n) is 14.8. The zero-order valence-corrected chi connectivity index (χ0v) is 15.6. The second-order valence-electron chi connectivity index (χ2n) is 7.10. The van der Waals surface area contributed by atoms with Gasteiger partial charge in [0.15, 0.2) is 9.84 Å². The van der Waals surface area contributed by atoms with Gasteiger partial charge in [-0.3, -0.25) is 0 Å². The lowest BCUT2D eigenvalue weighted by Crippen LogP contribution is -2.39. The van der Waals surface area contributed by atoms with Crippen molar-refractivity contribution < 1.29 is 17.9 Å². The fourth-order valence-electron chi connectivity index (χ4n) is 2.54. The third-order valence-electron chi connectivity index (χ3n) is 3.87. The lowest BCUT2D eigenvalue weighted by atomic mass is 10.2. The molecule has 1 atom stereocenters. The lowest BCUT2D eigenvalue weighted by Gasteiger charge is -2.27. The van der Waals surface area contributed by atoms with E-state index in [1.54, 1.807) is 17.0 Å². The lowest BCUT2D eigenvalue weighted by molar-refractivity contribution is 0.0292. The fourth-order valence-corrected chi connectivity index (χ4v) is 3.10. The number of likely N-dealkylation sites (N-methyl/N-ethyl adjacent to an activating group) is 1. The molecule has 1 fully saturated rings. The van der Waals surface area contributed by atoms with E-state index in [2.05, 4.69) is 4.98 Å². The number of hydrogen-bond donors (Lipinski definition) is 0. The van der Waals surface area contributed by atoms with Gasteiger partial charge >= 0.3 is 6.09 Å². The Bertz CT molecular complexity index is 695. The molecule has 0 saturated carbocycles. The second kappa shape index (κ2) is 6.58. The van der Waals surface area contributed by atoms with Gasteiger partial charge in [-0.05, 0) is 39.3 Å². The maximum absolute atomic E-state index is 12.1. The van der Waals surface area contributed by atoms with Gasteiger partial charge in [0.2, 0.25) is 0 Å². The van der Waals surface area contributed by atoms with Gasteiger partial charge in [-0.1, -0.05) is 0 Å². The highest BCUT2D eigenvalue weighted by atomic mass is 32.2. The Hall–Kier alpha value is -1.83. The molecule has 1 aromatic rings. The highest BCUT2D eigenvalue weighted by Gasteiger charge is 2.32. The van der Waals surface area contributed by atoms with E-state index >= 15 is 0 Å². The first kappa shape index (κ1) is 18.5. The van der Waals surface area contributed by atoms with Crippen molar-refractivity contribution in [2.45, 2.75) is 43.7 Å². The van der Waals surface area contributed by atoms with Crippen LogP contribution in [0.25, 0.3) is 0 Å². The van der Waals surface area contributed by atoms with Crippen LogP contribution in [0.5, 0.6) is 0 Å². The van der Waals surface area contributed by atoms with Gasteiger partial charge in [0.05, 0.1) is 4.90 Å². The molecule has 134 valence electrons. The summed E-state index contributed by atoms with van der Waals surface area (Å²) in [5, 5.41) is 0. The van der Waals surface area contributed by atoms with Crippen LogP contribution in [-0.4, -0.2) is 62.4 Å². The highest BCUT2D eigenvalue weighted by molar-refractivity contribution is 7.90. The van der Waals surface area contributed by atoms with Crippen LogP contribution in [0.4, 0.5) is 10.6 Å². The molecule has 1 saturated heterocycles. The number of carbonyl (C=O) groups is 1. The summed E-state index contributed by atoms with van der Waals surface area (Å²) in [4.78, 5) is 20.2. The Kier molecular flexibility index (Phi) is 5.08. The molecule has 2 heterocycles. The minimum Gasteiger partial charge on any atom is -0.444 e. The molecular formula is C16H25N3O4S. The summed E-state index contributed by atoms with van der Waals surface area (Å²) in [5.74, 6) is 0.679. The second-order valence-corrected chi connectivity index (χ2v) is 9.12. The largest absolute Gasteiger partial charge is 0.444 e. The van der Waals surface area contributed by atoms with E-state index in [4.69, 9.17) is 4.74 Å². The minimum absolute atomic E-state index is 0.120. The van der Waals surface area contributed by atoms with Gasteiger partial charge in [-0.2, -0.15) is 0 Å². The molecule has 1 aliphatic rings. The monoisotopic (exact) mass is 355 g/mol. The van der Waals surface area contributed by atoms with Crippen molar-refractivity contribution in [3.05, 3.63) is 18.3 Å². The fraction of sp³-hybridized carbons (Fsp3) is 0.625. The SMILES string of the molecule is CN(c1ccc(S(C)(=O)=O)cn1)C1CCN(C(=O)OC(C)(C)C)C1. The number of aromatic nitrogens is 1. The van der Waals surface area contributed by atoms with Gasteiger partial charge < -0.3 is 14.5 Å². The molecule has 1 amide bonds. The summed E-state index contributed by atoms with van der Waals surface area (Å²) >= 11 is 0. The van der Waals surface area contributed by atoms with Crippen LogP contribution in [0.1, 0.15) is 27.2 Å². The highest BCUT2D eigenvalue weighted by Crippen LogP contribution is 2.22. The molecule has 0 spiro atoms. The van der Waals surface area contributed by atoms with E-state index in [-0.39, 0.29) is 17.0 Å². The smallest absolute Gasteiger partial charge is 0.410 e. The Morgan fingerprint density at radius 2 is 2.04 bits per heavy atom. The number of nitrogens with zero attached hydrogens (tertiary/aromatic N) is 3. The van der Waals surface area contributed by atoms with Crippen molar-refractivity contribution in [1.29, 1.82) is 0 Å². The Balaban J connectivity index is 2.01. The molecule has 0 N–H and O–H groups in total. The molecule has 1 unspecified atom stereocenters. The van der Waals surface area contributed by atoms with Gasteiger partial charge in [-0.25, -0.2) is 18.2 Å². The van der Waals surface area contributed by atoms with Crippen molar-refractivity contribution in [3.8, 4) is 0 Å².